The van der Waals surface area contributed by atoms with Crippen molar-refractivity contribution < 1.29 is 9.59 Å². The summed E-state index contributed by atoms with van der Waals surface area (Å²) in [5, 5.41) is 6.17. The highest BCUT2D eigenvalue weighted by molar-refractivity contribution is 5.77. The Morgan fingerprint density at radius 1 is 1.18 bits per heavy atom. The van der Waals surface area contributed by atoms with Crippen LogP contribution in [0.25, 0.3) is 10.9 Å². The molecule has 3 rings (SSSR count). The Morgan fingerprint density at radius 3 is 2.71 bits per heavy atom. The molecule has 0 bridgehead atoms. The molecule has 1 aliphatic rings. The zero-order valence-corrected chi connectivity index (χ0v) is 16.4. The number of carbonyl (C=O) groups is 2. The van der Waals surface area contributed by atoms with Crippen LogP contribution in [-0.4, -0.2) is 59.0 Å². The standard InChI is InChI=1S/C20H27N5O3/c1-21-19(27)11-14-7-8-15(24(14)2)12-22-18(26)9-10-25-13-23-17-6-4-3-5-16(17)20(25)28/h3-6,13-15H,7-12H2,1-2H3,(H,21,27)(H,22,26)/t14-,15+/m1/s1. The minimum Gasteiger partial charge on any atom is -0.359 e. The van der Waals surface area contributed by atoms with E-state index in [1.165, 1.54) is 10.9 Å². The predicted molar refractivity (Wildman–Crippen MR) is 107 cm³/mol. The summed E-state index contributed by atoms with van der Waals surface area (Å²) in [7, 11) is 3.64. The number of aromatic nitrogens is 2. The van der Waals surface area contributed by atoms with E-state index in [2.05, 4.69) is 20.5 Å². The molecule has 0 saturated carbocycles. The number of likely N-dealkylation sites (tertiary alicyclic amines) is 1. The molecule has 0 unspecified atom stereocenters. The van der Waals surface area contributed by atoms with E-state index in [1.807, 2.05) is 13.1 Å². The molecular weight excluding hydrogens is 358 g/mol. The zero-order chi connectivity index (χ0) is 20.1. The number of benzene rings is 1. The molecule has 1 aromatic carbocycles. The van der Waals surface area contributed by atoms with Crippen molar-refractivity contribution in [3.63, 3.8) is 0 Å². The molecule has 1 aliphatic heterocycles. The van der Waals surface area contributed by atoms with Gasteiger partial charge >= 0.3 is 0 Å². The number of nitrogens with one attached hydrogen (secondary N) is 2. The molecule has 1 fully saturated rings. The SMILES string of the molecule is CNC(=O)C[C@H]1CC[C@@H](CNC(=O)CCn2cnc3ccccc3c2=O)N1C. The highest BCUT2D eigenvalue weighted by Crippen LogP contribution is 2.24. The van der Waals surface area contributed by atoms with Crippen molar-refractivity contribution in [1.82, 2.24) is 25.1 Å². The first-order valence-corrected chi connectivity index (χ1v) is 9.63. The maximum Gasteiger partial charge on any atom is 0.261 e. The Hall–Kier alpha value is -2.74. The highest BCUT2D eigenvalue weighted by Gasteiger charge is 2.31. The van der Waals surface area contributed by atoms with Crippen LogP contribution in [0.4, 0.5) is 0 Å². The Morgan fingerprint density at radius 2 is 1.93 bits per heavy atom. The monoisotopic (exact) mass is 385 g/mol. The number of hydrogen-bond acceptors (Lipinski definition) is 5. The predicted octanol–water partition coefficient (Wildman–Crippen LogP) is 0.502. The lowest BCUT2D eigenvalue weighted by Crippen LogP contribution is -2.42. The molecule has 1 saturated heterocycles. The number of aryl methyl sites for hydroxylation is 1. The molecule has 8 nitrogen and oxygen atoms in total. The Kier molecular flexibility index (Phi) is 6.41. The third-order valence-corrected chi connectivity index (χ3v) is 5.53. The fourth-order valence-electron chi connectivity index (χ4n) is 3.71. The van der Waals surface area contributed by atoms with Gasteiger partial charge in [-0.15, -0.1) is 0 Å². The molecule has 0 spiro atoms. The average molecular weight is 385 g/mol. The minimum absolute atomic E-state index is 0.0379. The number of hydrogen-bond donors (Lipinski definition) is 2. The van der Waals surface area contributed by atoms with Gasteiger partial charge in [-0.05, 0) is 32.0 Å². The number of fused-ring (bicyclic) bond motifs is 1. The van der Waals surface area contributed by atoms with E-state index in [-0.39, 0.29) is 35.9 Å². The van der Waals surface area contributed by atoms with Crippen LogP contribution in [-0.2, 0) is 16.1 Å². The van der Waals surface area contributed by atoms with Crippen LogP contribution in [0.3, 0.4) is 0 Å². The highest BCUT2D eigenvalue weighted by atomic mass is 16.2. The maximum atomic E-state index is 12.5. The minimum atomic E-state index is -0.133. The molecule has 8 heteroatoms. The molecule has 0 aliphatic carbocycles. The molecule has 2 aromatic rings. The number of nitrogens with zero attached hydrogens (tertiary/aromatic N) is 3. The van der Waals surface area contributed by atoms with Crippen molar-refractivity contribution in [2.45, 2.75) is 44.3 Å². The lowest BCUT2D eigenvalue weighted by Gasteiger charge is -2.25. The van der Waals surface area contributed by atoms with Gasteiger partial charge in [0, 0.05) is 45.1 Å². The first kappa shape index (κ1) is 20.0. The second-order valence-corrected chi connectivity index (χ2v) is 7.24. The van der Waals surface area contributed by atoms with E-state index in [1.54, 1.807) is 25.2 Å². The third-order valence-electron chi connectivity index (χ3n) is 5.53. The molecule has 1 aromatic heterocycles. The second-order valence-electron chi connectivity index (χ2n) is 7.24. The van der Waals surface area contributed by atoms with E-state index in [0.29, 0.717) is 30.4 Å². The van der Waals surface area contributed by atoms with Gasteiger partial charge in [-0.25, -0.2) is 4.98 Å². The van der Waals surface area contributed by atoms with E-state index in [4.69, 9.17) is 0 Å². The zero-order valence-electron chi connectivity index (χ0n) is 16.4. The molecule has 2 atom stereocenters. The topological polar surface area (TPSA) is 96.3 Å². The Labute approximate surface area is 163 Å². The Balaban J connectivity index is 1.48. The van der Waals surface area contributed by atoms with Crippen LogP contribution < -0.4 is 16.2 Å². The van der Waals surface area contributed by atoms with Gasteiger partial charge in [-0.2, -0.15) is 0 Å². The largest absolute Gasteiger partial charge is 0.359 e. The maximum absolute atomic E-state index is 12.5. The van der Waals surface area contributed by atoms with Crippen molar-refractivity contribution in [2.24, 2.45) is 0 Å². The van der Waals surface area contributed by atoms with Gasteiger partial charge in [0.15, 0.2) is 0 Å². The molecule has 28 heavy (non-hydrogen) atoms. The van der Waals surface area contributed by atoms with Gasteiger partial charge in [0.2, 0.25) is 11.8 Å². The molecule has 2 N–H and O–H groups in total. The normalized spacial score (nSPS) is 19.6. The molecule has 150 valence electrons. The molecular formula is C20H27N5O3. The van der Waals surface area contributed by atoms with Crippen LogP contribution >= 0.6 is 0 Å². The van der Waals surface area contributed by atoms with Gasteiger partial charge in [-0.1, -0.05) is 12.1 Å². The van der Waals surface area contributed by atoms with Crippen LogP contribution in [0.15, 0.2) is 35.4 Å². The molecule has 0 radical (unpaired) electrons. The third kappa shape index (κ3) is 4.56. The van der Waals surface area contributed by atoms with Gasteiger partial charge in [0.05, 0.1) is 17.2 Å². The smallest absolute Gasteiger partial charge is 0.261 e. The van der Waals surface area contributed by atoms with Gasteiger partial charge in [-0.3, -0.25) is 23.9 Å². The van der Waals surface area contributed by atoms with Crippen LogP contribution in [0.2, 0.25) is 0 Å². The summed E-state index contributed by atoms with van der Waals surface area (Å²) in [6, 6.07) is 7.62. The summed E-state index contributed by atoms with van der Waals surface area (Å²) in [5.74, 6) is -0.0563. The van der Waals surface area contributed by atoms with Crippen molar-refractivity contribution in [1.29, 1.82) is 0 Å². The lowest BCUT2D eigenvalue weighted by atomic mass is 10.1. The number of para-hydroxylation sites is 1. The molecule has 2 heterocycles. The number of carbonyl (C=O) groups excluding carboxylic acids is 2. The van der Waals surface area contributed by atoms with Crippen LogP contribution in [0.1, 0.15) is 25.7 Å². The van der Waals surface area contributed by atoms with Crippen LogP contribution in [0.5, 0.6) is 0 Å². The summed E-state index contributed by atoms with van der Waals surface area (Å²) >= 11 is 0. The Bertz CT molecular complexity index is 910. The van der Waals surface area contributed by atoms with E-state index in [0.717, 1.165) is 12.8 Å². The first-order chi connectivity index (χ1) is 13.5. The summed E-state index contributed by atoms with van der Waals surface area (Å²) in [6.45, 7) is 0.840. The summed E-state index contributed by atoms with van der Waals surface area (Å²) in [4.78, 5) is 42.7. The average Bonchev–Trinajstić information content (AvgIpc) is 3.05. The van der Waals surface area contributed by atoms with Crippen molar-refractivity contribution in [3.8, 4) is 0 Å². The fourth-order valence-corrected chi connectivity index (χ4v) is 3.71. The summed E-state index contributed by atoms with van der Waals surface area (Å²) < 4.78 is 1.48. The van der Waals surface area contributed by atoms with Gasteiger partial charge in [0.1, 0.15) is 0 Å². The molecule has 2 amide bonds. The van der Waals surface area contributed by atoms with Crippen molar-refractivity contribution >= 4 is 22.7 Å². The van der Waals surface area contributed by atoms with Gasteiger partial charge < -0.3 is 10.6 Å². The lowest BCUT2D eigenvalue weighted by molar-refractivity contribution is -0.122. The number of rotatable bonds is 7. The van der Waals surface area contributed by atoms with Gasteiger partial charge in [0.25, 0.3) is 5.56 Å². The van der Waals surface area contributed by atoms with Crippen LogP contribution in [0, 0.1) is 0 Å². The van der Waals surface area contributed by atoms with Crippen molar-refractivity contribution in [2.75, 3.05) is 20.6 Å². The number of likely N-dealkylation sites (N-methyl/N-ethyl adjacent to an activating group) is 1. The summed E-state index contributed by atoms with van der Waals surface area (Å²) in [6.07, 6.45) is 4.09. The van der Waals surface area contributed by atoms with E-state index >= 15 is 0 Å². The number of amides is 2. The first-order valence-electron chi connectivity index (χ1n) is 9.63. The second kappa shape index (κ2) is 8.97. The van der Waals surface area contributed by atoms with E-state index < -0.39 is 0 Å². The van der Waals surface area contributed by atoms with Crippen molar-refractivity contribution in [3.05, 3.63) is 40.9 Å². The van der Waals surface area contributed by atoms with E-state index in [9.17, 15) is 14.4 Å². The quantitative estimate of drug-likeness (QED) is 0.724. The summed E-state index contributed by atoms with van der Waals surface area (Å²) in [5.41, 5.74) is 0.523. The fraction of sp³-hybridized carbons (Fsp3) is 0.500.